The summed E-state index contributed by atoms with van der Waals surface area (Å²) in [4.78, 5) is 42.5. The molecule has 0 amide bonds. The van der Waals surface area contributed by atoms with Crippen LogP contribution >= 0.6 is 0 Å². The van der Waals surface area contributed by atoms with Gasteiger partial charge in [-0.05, 0) is 0 Å². The molecular weight excluding hydrogens is 208 g/mol. The fraction of sp³-hybridized carbons (Fsp3) is 0.429. The molecule has 0 fully saturated rings. The van der Waals surface area contributed by atoms with Gasteiger partial charge in [0, 0.05) is 0 Å². The molecule has 0 aromatic heterocycles. The largest absolute Gasteiger partial charge is 0.392 e. The second-order valence-corrected chi connectivity index (χ2v) is 2.28. The van der Waals surface area contributed by atoms with Gasteiger partial charge < -0.3 is 20.9 Å². The SMILES string of the molecule is NCC(=O)OC(=O)CC(=O)OC(=O)CN. The van der Waals surface area contributed by atoms with Crippen LogP contribution in [-0.2, 0) is 28.7 Å². The Morgan fingerprint density at radius 1 is 0.733 bits per heavy atom. The average Bonchev–Trinajstić information content (AvgIpc) is 2.16. The van der Waals surface area contributed by atoms with Gasteiger partial charge in [0.15, 0.2) is 0 Å². The van der Waals surface area contributed by atoms with E-state index in [-0.39, 0.29) is 0 Å². The molecule has 0 rings (SSSR count). The van der Waals surface area contributed by atoms with E-state index in [0.717, 1.165) is 0 Å². The normalized spacial score (nSPS) is 9.20. The van der Waals surface area contributed by atoms with Crippen LogP contribution in [0, 0.1) is 0 Å². The Labute approximate surface area is 84.5 Å². The lowest BCUT2D eigenvalue weighted by molar-refractivity contribution is -0.164. The highest BCUT2D eigenvalue weighted by Gasteiger charge is 2.17. The first-order valence-electron chi connectivity index (χ1n) is 3.86. The van der Waals surface area contributed by atoms with Gasteiger partial charge in [0.1, 0.15) is 6.42 Å². The first-order chi connectivity index (χ1) is 6.99. The Kier molecular flexibility index (Phi) is 5.83. The molecule has 0 bridgehead atoms. The third kappa shape index (κ3) is 6.29. The molecule has 4 N–H and O–H groups in total. The summed E-state index contributed by atoms with van der Waals surface area (Å²) < 4.78 is 8.08. The van der Waals surface area contributed by atoms with Gasteiger partial charge in [-0.2, -0.15) is 0 Å². The van der Waals surface area contributed by atoms with Crippen LogP contribution in [0.1, 0.15) is 6.42 Å². The predicted octanol–water partition coefficient (Wildman–Crippen LogP) is -2.57. The van der Waals surface area contributed by atoms with E-state index in [0.29, 0.717) is 0 Å². The number of nitrogens with two attached hydrogens (primary N) is 2. The molecule has 0 aromatic carbocycles. The van der Waals surface area contributed by atoms with Crippen molar-refractivity contribution in [2.75, 3.05) is 13.1 Å². The van der Waals surface area contributed by atoms with Crippen LogP contribution in [0.4, 0.5) is 0 Å². The molecule has 0 radical (unpaired) electrons. The monoisotopic (exact) mass is 218 g/mol. The maximum absolute atomic E-state index is 10.8. The first kappa shape index (κ1) is 13.2. The van der Waals surface area contributed by atoms with Gasteiger partial charge in [-0.3, -0.25) is 19.2 Å². The number of hydrogen-bond donors (Lipinski definition) is 2. The molecule has 0 saturated heterocycles. The fourth-order valence-corrected chi connectivity index (χ4v) is 0.527. The molecule has 0 aliphatic heterocycles. The van der Waals surface area contributed by atoms with Crippen molar-refractivity contribution in [1.29, 1.82) is 0 Å². The lowest BCUT2D eigenvalue weighted by atomic mass is 10.4. The second-order valence-electron chi connectivity index (χ2n) is 2.28. The van der Waals surface area contributed by atoms with Crippen molar-refractivity contribution >= 4 is 23.9 Å². The standard InChI is InChI=1S/C7H10N2O6/c8-2-6(12)14-4(10)1-5(11)15-7(13)3-9/h1-3,8-9H2. The van der Waals surface area contributed by atoms with Crippen LogP contribution in [0.15, 0.2) is 0 Å². The summed E-state index contributed by atoms with van der Waals surface area (Å²) in [6.07, 6.45) is -0.850. The van der Waals surface area contributed by atoms with Crippen molar-refractivity contribution in [2.45, 2.75) is 6.42 Å². The highest BCUT2D eigenvalue weighted by atomic mass is 16.6. The van der Waals surface area contributed by atoms with E-state index in [2.05, 4.69) is 9.47 Å². The first-order valence-corrected chi connectivity index (χ1v) is 3.86. The number of hydrogen-bond acceptors (Lipinski definition) is 8. The van der Waals surface area contributed by atoms with E-state index in [1.54, 1.807) is 0 Å². The molecule has 15 heavy (non-hydrogen) atoms. The van der Waals surface area contributed by atoms with Crippen molar-refractivity contribution in [1.82, 2.24) is 0 Å². The van der Waals surface area contributed by atoms with Gasteiger partial charge in [-0.1, -0.05) is 0 Å². The molecule has 0 aliphatic rings. The van der Waals surface area contributed by atoms with E-state index in [1.807, 2.05) is 0 Å². The number of ether oxygens (including phenoxy) is 2. The molecule has 8 heteroatoms. The van der Waals surface area contributed by atoms with Gasteiger partial charge in [-0.25, -0.2) is 0 Å². The second kappa shape index (κ2) is 6.62. The quantitative estimate of drug-likeness (QED) is 0.387. The molecule has 84 valence electrons. The van der Waals surface area contributed by atoms with Gasteiger partial charge in [0.05, 0.1) is 13.1 Å². The van der Waals surface area contributed by atoms with Gasteiger partial charge in [0.2, 0.25) is 0 Å². The van der Waals surface area contributed by atoms with Gasteiger partial charge in [-0.15, -0.1) is 0 Å². The number of rotatable bonds is 4. The summed E-state index contributed by atoms with van der Waals surface area (Å²) in [6, 6.07) is 0. The fourth-order valence-electron chi connectivity index (χ4n) is 0.527. The molecule has 0 aromatic rings. The lowest BCUT2D eigenvalue weighted by Crippen LogP contribution is -2.25. The molecule has 0 unspecified atom stereocenters. The zero-order chi connectivity index (χ0) is 11.8. The van der Waals surface area contributed by atoms with Crippen molar-refractivity contribution in [3.05, 3.63) is 0 Å². The zero-order valence-corrected chi connectivity index (χ0v) is 7.73. The van der Waals surface area contributed by atoms with Crippen LogP contribution in [0.5, 0.6) is 0 Å². The third-order valence-electron chi connectivity index (χ3n) is 1.08. The van der Waals surface area contributed by atoms with Gasteiger partial charge in [0.25, 0.3) is 0 Å². The van der Waals surface area contributed by atoms with Crippen LogP contribution < -0.4 is 11.5 Å². The zero-order valence-electron chi connectivity index (χ0n) is 7.73. The summed E-state index contributed by atoms with van der Waals surface area (Å²) in [5.74, 6) is -4.23. The van der Waals surface area contributed by atoms with Crippen molar-refractivity contribution in [2.24, 2.45) is 11.5 Å². The maximum Gasteiger partial charge on any atom is 0.327 e. The predicted molar refractivity (Wildman–Crippen MR) is 44.9 cm³/mol. The van der Waals surface area contributed by atoms with Crippen LogP contribution in [-0.4, -0.2) is 37.0 Å². The Morgan fingerprint density at radius 3 is 1.33 bits per heavy atom. The van der Waals surface area contributed by atoms with E-state index in [4.69, 9.17) is 11.5 Å². The molecular formula is C7H10N2O6. The van der Waals surface area contributed by atoms with Crippen LogP contribution in [0.2, 0.25) is 0 Å². The summed E-state index contributed by atoms with van der Waals surface area (Å²) >= 11 is 0. The Bertz CT molecular complexity index is 259. The van der Waals surface area contributed by atoms with Crippen LogP contribution in [0.3, 0.4) is 0 Å². The van der Waals surface area contributed by atoms with E-state index < -0.39 is 43.4 Å². The Balaban J connectivity index is 3.92. The van der Waals surface area contributed by atoms with Crippen molar-refractivity contribution < 1.29 is 28.7 Å². The summed E-state index contributed by atoms with van der Waals surface area (Å²) in [6.45, 7) is -0.967. The molecule has 0 saturated carbocycles. The minimum Gasteiger partial charge on any atom is -0.392 e. The smallest absolute Gasteiger partial charge is 0.327 e. The molecule has 0 aliphatic carbocycles. The minimum absolute atomic E-state index is 0.484. The molecule has 0 heterocycles. The van der Waals surface area contributed by atoms with E-state index >= 15 is 0 Å². The number of carbonyl (C=O) groups is 4. The Hall–Kier alpha value is -1.80. The topological polar surface area (TPSA) is 139 Å². The van der Waals surface area contributed by atoms with Crippen LogP contribution in [0.25, 0.3) is 0 Å². The summed E-state index contributed by atoms with van der Waals surface area (Å²) in [5.41, 5.74) is 9.68. The molecule has 0 spiro atoms. The summed E-state index contributed by atoms with van der Waals surface area (Å²) in [5, 5.41) is 0. The summed E-state index contributed by atoms with van der Waals surface area (Å²) in [7, 11) is 0. The number of esters is 4. The molecule has 8 nitrogen and oxygen atoms in total. The van der Waals surface area contributed by atoms with E-state index in [1.165, 1.54) is 0 Å². The highest BCUT2D eigenvalue weighted by molar-refractivity contribution is 5.99. The third-order valence-corrected chi connectivity index (χ3v) is 1.08. The Morgan fingerprint density at radius 2 is 1.07 bits per heavy atom. The lowest BCUT2D eigenvalue weighted by Gasteiger charge is -2.01. The van der Waals surface area contributed by atoms with Crippen molar-refractivity contribution in [3.63, 3.8) is 0 Å². The maximum atomic E-state index is 10.8. The number of carbonyl (C=O) groups excluding carboxylic acids is 4. The van der Waals surface area contributed by atoms with Crippen molar-refractivity contribution in [3.8, 4) is 0 Å². The van der Waals surface area contributed by atoms with Gasteiger partial charge >= 0.3 is 23.9 Å². The highest BCUT2D eigenvalue weighted by Crippen LogP contribution is 1.91. The minimum atomic E-state index is -1.14. The molecule has 0 atom stereocenters. The van der Waals surface area contributed by atoms with E-state index in [9.17, 15) is 19.2 Å². The average molecular weight is 218 g/mol.